The Kier molecular flexibility index (Phi) is 5.44. The van der Waals surface area contributed by atoms with Gasteiger partial charge in [-0.25, -0.2) is 9.97 Å². The maximum absolute atomic E-state index is 13.3. The summed E-state index contributed by atoms with van der Waals surface area (Å²) < 4.78 is 0. The highest BCUT2D eigenvalue weighted by molar-refractivity contribution is 7.99. The van der Waals surface area contributed by atoms with E-state index in [0.717, 1.165) is 48.8 Å². The molecule has 6 rings (SSSR count). The van der Waals surface area contributed by atoms with Gasteiger partial charge in [0.2, 0.25) is 11.8 Å². The van der Waals surface area contributed by atoms with Crippen molar-refractivity contribution in [2.24, 2.45) is 23.2 Å². The first-order chi connectivity index (χ1) is 15.4. The first-order valence-electron chi connectivity index (χ1n) is 11.1. The van der Waals surface area contributed by atoms with Crippen LogP contribution >= 0.6 is 11.8 Å². The molecular weight excluding hydrogens is 424 g/mol. The summed E-state index contributed by atoms with van der Waals surface area (Å²) >= 11 is 1.16. The monoisotopic (exact) mass is 452 g/mol. The highest BCUT2D eigenvalue weighted by Crippen LogP contribution is 2.60. The standard InChI is InChI=1S/C23H28N6O2S/c24-18-8-19(25)29-22(28-18)32-12-20(30)26-16-2-1-3-17(7-16)27-21(31)23-9-13-4-14(10-23)6-15(5-13)11-23/h1-3,7-8,13-15H,4-6,9-12H2,(H,26,30)(H,27,31)(H4,24,25,28,29). The van der Waals surface area contributed by atoms with Crippen molar-refractivity contribution in [3.05, 3.63) is 30.3 Å². The summed E-state index contributed by atoms with van der Waals surface area (Å²) in [6.07, 6.45) is 6.98. The zero-order valence-electron chi connectivity index (χ0n) is 17.8. The summed E-state index contributed by atoms with van der Waals surface area (Å²) in [4.78, 5) is 33.8. The minimum Gasteiger partial charge on any atom is -0.383 e. The summed E-state index contributed by atoms with van der Waals surface area (Å²) in [7, 11) is 0. The molecule has 0 aliphatic heterocycles. The number of aromatic nitrogens is 2. The largest absolute Gasteiger partial charge is 0.383 e. The van der Waals surface area contributed by atoms with E-state index in [4.69, 9.17) is 11.5 Å². The number of hydrogen-bond donors (Lipinski definition) is 4. The van der Waals surface area contributed by atoms with Crippen LogP contribution in [-0.2, 0) is 9.59 Å². The lowest BCUT2D eigenvalue weighted by Crippen LogP contribution is -2.51. The van der Waals surface area contributed by atoms with Crippen molar-refractivity contribution in [2.45, 2.75) is 43.7 Å². The average Bonchev–Trinajstić information content (AvgIpc) is 2.71. The van der Waals surface area contributed by atoms with Gasteiger partial charge in [-0.2, -0.15) is 0 Å². The minimum atomic E-state index is -0.204. The molecule has 4 fully saturated rings. The number of carbonyl (C=O) groups excluding carboxylic acids is 2. The molecule has 32 heavy (non-hydrogen) atoms. The average molecular weight is 453 g/mol. The molecule has 2 amide bonds. The van der Waals surface area contributed by atoms with Crippen LogP contribution in [0.2, 0.25) is 0 Å². The van der Waals surface area contributed by atoms with Gasteiger partial charge in [-0.15, -0.1) is 0 Å². The van der Waals surface area contributed by atoms with E-state index in [1.54, 1.807) is 12.1 Å². The third-order valence-electron chi connectivity index (χ3n) is 7.00. The van der Waals surface area contributed by atoms with Crippen LogP contribution in [0, 0.1) is 23.2 Å². The Balaban J connectivity index is 1.19. The lowest BCUT2D eigenvalue weighted by molar-refractivity contribution is -0.140. The van der Waals surface area contributed by atoms with E-state index in [1.165, 1.54) is 25.3 Å². The number of nitrogen functional groups attached to an aromatic ring is 2. The summed E-state index contributed by atoms with van der Waals surface area (Å²) in [6, 6.07) is 8.77. The van der Waals surface area contributed by atoms with Crippen molar-refractivity contribution in [1.82, 2.24) is 9.97 Å². The second-order valence-corrected chi connectivity index (χ2v) is 10.5. The van der Waals surface area contributed by atoms with E-state index in [9.17, 15) is 9.59 Å². The highest BCUT2D eigenvalue weighted by Gasteiger charge is 2.54. The minimum absolute atomic E-state index is 0.118. The third kappa shape index (κ3) is 4.39. The van der Waals surface area contributed by atoms with Gasteiger partial charge in [0.15, 0.2) is 5.16 Å². The van der Waals surface area contributed by atoms with Crippen molar-refractivity contribution < 1.29 is 9.59 Å². The molecule has 4 aliphatic rings. The third-order valence-corrected chi connectivity index (χ3v) is 7.85. The van der Waals surface area contributed by atoms with Gasteiger partial charge in [0.05, 0.1) is 11.2 Å². The predicted molar refractivity (Wildman–Crippen MR) is 126 cm³/mol. The Morgan fingerprint density at radius 2 is 1.50 bits per heavy atom. The van der Waals surface area contributed by atoms with Gasteiger partial charge in [0.25, 0.3) is 0 Å². The molecule has 8 nitrogen and oxygen atoms in total. The van der Waals surface area contributed by atoms with Crippen LogP contribution in [0.25, 0.3) is 0 Å². The molecule has 1 aromatic heterocycles. The van der Waals surface area contributed by atoms with E-state index in [0.29, 0.717) is 16.5 Å². The molecule has 4 saturated carbocycles. The van der Waals surface area contributed by atoms with Gasteiger partial charge < -0.3 is 22.1 Å². The summed E-state index contributed by atoms with van der Waals surface area (Å²) in [5.41, 5.74) is 12.5. The topological polar surface area (TPSA) is 136 Å². The van der Waals surface area contributed by atoms with Gasteiger partial charge in [-0.1, -0.05) is 17.8 Å². The van der Waals surface area contributed by atoms with Crippen LogP contribution < -0.4 is 22.1 Å². The predicted octanol–water partition coefficient (Wildman–Crippen LogP) is 3.53. The number of rotatable bonds is 6. The van der Waals surface area contributed by atoms with Crippen LogP contribution in [0.15, 0.2) is 35.5 Å². The molecule has 0 spiro atoms. The Labute approximate surface area is 191 Å². The van der Waals surface area contributed by atoms with E-state index in [1.807, 2.05) is 12.1 Å². The van der Waals surface area contributed by atoms with Crippen LogP contribution in [-0.4, -0.2) is 27.5 Å². The molecule has 4 aliphatic carbocycles. The van der Waals surface area contributed by atoms with E-state index < -0.39 is 0 Å². The first kappa shape index (κ1) is 21.1. The van der Waals surface area contributed by atoms with E-state index in [-0.39, 0.29) is 34.6 Å². The second kappa shape index (κ2) is 8.27. The first-order valence-corrected chi connectivity index (χ1v) is 12.1. The summed E-state index contributed by atoms with van der Waals surface area (Å²) in [6.45, 7) is 0. The second-order valence-electron chi connectivity index (χ2n) is 9.57. The molecule has 0 atom stereocenters. The number of nitrogens with two attached hydrogens (primary N) is 2. The smallest absolute Gasteiger partial charge is 0.234 e. The number of hydrogen-bond acceptors (Lipinski definition) is 7. The van der Waals surface area contributed by atoms with Gasteiger partial charge in [-0.3, -0.25) is 9.59 Å². The lowest BCUT2D eigenvalue weighted by Gasteiger charge is -2.55. The maximum atomic E-state index is 13.3. The molecule has 6 N–H and O–H groups in total. The number of benzene rings is 1. The van der Waals surface area contributed by atoms with Crippen molar-refractivity contribution in [3.63, 3.8) is 0 Å². The van der Waals surface area contributed by atoms with Crippen molar-refractivity contribution in [3.8, 4) is 0 Å². The molecule has 0 saturated heterocycles. The number of thioether (sulfide) groups is 1. The molecule has 168 valence electrons. The zero-order chi connectivity index (χ0) is 22.3. The maximum Gasteiger partial charge on any atom is 0.234 e. The zero-order valence-corrected chi connectivity index (χ0v) is 18.7. The summed E-state index contributed by atoms with van der Waals surface area (Å²) in [5.74, 6) is 2.74. The quantitative estimate of drug-likeness (QED) is 0.389. The Morgan fingerprint density at radius 1 is 0.938 bits per heavy atom. The SMILES string of the molecule is Nc1cc(N)nc(SCC(=O)Nc2cccc(NC(=O)C34CC5CC(CC(C5)C3)C4)c2)n1. The fourth-order valence-corrected chi connectivity index (χ4v) is 6.85. The van der Waals surface area contributed by atoms with Crippen LogP contribution in [0.4, 0.5) is 23.0 Å². The van der Waals surface area contributed by atoms with Crippen LogP contribution in [0.3, 0.4) is 0 Å². The molecule has 1 heterocycles. The van der Waals surface area contributed by atoms with Crippen LogP contribution in [0.5, 0.6) is 0 Å². The van der Waals surface area contributed by atoms with E-state index in [2.05, 4.69) is 20.6 Å². The molecule has 4 bridgehead atoms. The van der Waals surface area contributed by atoms with Crippen molar-refractivity contribution >= 4 is 46.6 Å². The number of amides is 2. The molecular formula is C23H28N6O2S. The Hall–Kier alpha value is -2.81. The number of carbonyl (C=O) groups is 2. The van der Waals surface area contributed by atoms with Gasteiger partial charge in [-0.05, 0) is 74.5 Å². The van der Waals surface area contributed by atoms with Crippen molar-refractivity contribution in [2.75, 3.05) is 27.9 Å². The molecule has 0 radical (unpaired) electrons. The highest BCUT2D eigenvalue weighted by atomic mass is 32.2. The van der Waals surface area contributed by atoms with E-state index >= 15 is 0 Å². The fraction of sp³-hybridized carbons (Fsp3) is 0.478. The summed E-state index contributed by atoms with van der Waals surface area (Å²) in [5, 5.41) is 6.36. The molecule has 2 aromatic rings. The van der Waals surface area contributed by atoms with Gasteiger partial charge in [0, 0.05) is 17.4 Å². The van der Waals surface area contributed by atoms with Crippen LogP contribution in [0.1, 0.15) is 38.5 Å². The fourth-order valence-electron chi connectivity index (χ4n) is 6.18. The number of anilines is 4. The normalized spacial score (nSPS) is 27.8. The Bertz CT molecular complexity index is 1000. The molecule has 0 unspecified atom stereocenters. The number of nitrogens with zero attached hydrogens (tertiary/aromatic N) is 2. The van der Waals surface area contributed by atoms with Crippen molar-refractivity contribution in [1.29, 1.82) is 0 Å². The molecule has 9 heteroatoms. The lowest BCUT2D eigenvalue weighted by atomic mass is 9.49. The molecule has 1 aromatic carbocycles. The van der Waals surface area contributed by atoms with Gasteiger partial charge >= 0.3 is 0 Å². The van der Waals surface area contributed by atoms with Gasteiger partial charge in [0.1, 0.15) is 11.6 Å². The number of nitrogens with one attached hydrogen (secondary N) is 2. The Morgan fingerprint density at radius 3 is 2.09 bits per heavy atom.